The van der Waals surface area contributed by atoms with Crippen LogP contribution >= 0.6 is 11.3 Å². The third kappa shape index (κ3) is 5.10. The zero-order valence-corrected chi connectivity index (χ0v) is 18.0. The lowest BCUT2D eigenvalue weighted by molar-refractivity contribution is -0.192. The highest BCUT2D eigenvalue weighted by Gasteiger charge is 2.48. The Bertz CT molecular complexity index is 968. The van der Waals surface area contributed by atoms with Crippen LogP contribution in [-0.2, 0) is 9.59 Å². The minimum atomic E-state index is -5.08. The molecule has 0 aliphatic carbocycles. The third-order valence-electron chi connectivity index (χ3n) is 5.60. The number of nitrogens with zero attached hydrogens (tertiary/aromatic N) is 3. The number of carboxylic acids is 1. The number of anilines is 1. The van der Waals surface area contributed by atoms with E-state index in [0.717, 1.165) is 23.5 Å². The molecule has 1 unspecified atom stereocenters. The number of thiophene rings is 1. The van der Waals surface area contributed by atoms with Crippen molar-refractivity contribution in [1.29, 1.82) is 0 Å². The van der Waals surface area contributed by atoms with Crippen molar-refractivity contribution in [1.82, 2.24) is 9.80 Å². The molecule has 1 aromatic carbocycles. The molecule has 1 N–H and O–H groups in total. The van der Waals surface area contributed by atoms with E-state index in [1.807, 2.05) is 64.7 Å². The zero-order valence-electron chi connectivity index (χ0n) is 17.2. The molecule has 0 radical (unpaired) electrons. The molecule has 2 aliphatic heterocycles. The first-order valence-electron chi connectivity index (χ1n) is 9.73. The topological polar surface area (TPSA) is 81.2 Å². The number of alkyl halides is 3. The number of piperazine rings is 1. The molecule has 2 amide bonds. The van der Waals surface area contributed by atoms with Gasteiger partial charge in [0.2, 0.25) is 5.91 Å². The van der Waals surface area contributed by atoms with Gasteiger partial charge in [-0.15, -0.1) is 11.3 Å². The van der Waals surface area contributed by atoms with E-state index in [0.29, 0.717) is 19.6 Å². The smallest absolute Gasteiger partial charge is 0.475 e. The number of aliphatic carboxylic acids is 1. The maximum Gasteiger partial charge on any atom is 0.490 e. The van der Waals surface area contributed by atoms with E-state index >= 15 is 0 Å². The second-order valence-corrected chi connectivity index (χ2v) is 8.60. The molecule has 11 heteroatoms. The van der Waals surface area contributed by atoms with Gasteiger partial charge in [-0.25, -0.2) is 4.79 Å². The van der Waals surface area contributed by atoms with E-state index in [4.69, 9.17) is 9.90 Å². The number of benzene rings is 1. The molecule has 7 nitrogen and oxygen atoms in total. The van der Waals surface area contributed by atoms with Crippen LogP contribution in [0.5, 0.6) is 0 Å². The first kappa shape index (κ1) is 23.7. The van der Waals surface area contributed by atoms with Crippen LogP contribution < -0.4 is 4.90 Å². The van der Waals surface area contributed by atoms with Crippen LogP contribution in [0.15, 0.2) is 47.8 Å². The molecule has 0 saturated carbocycles. The van der Waals surface area contributed by atoms with Crippen molar-refractivity contribution in [3.8, 4) is 0 Å². The number of likely N-dealkylation sites (tertiary alicyclic amines) is 1. The van der Waals surface area contributed by atoms with Gasteiger partial charge in [0.25, 0.3) is 5.91 Å². The van der Waals surface area contributed by atoms with Gasteiger partial charge < -0.3 is 14.9 Å². The van der Waals surface area contributed by atoms with Gasteiger partial charge in [0.15, 0.2) is 0 Å². The normalized spacial score (nSPS) is 21.4. The minimum absolute atomic E-state index is 0.100. The average molecular weight is 469 g/mol. The monoisotopic (exact) mass is 469 g/mol. The molecule has 3 heterocycles. The summed E-state index contributed by atoms with van der Waals surface area (Å²) in [6.45, 7) is 2.41. The van der Waals surface area contributed by atoms with Gasteiger partial charge in [-0.2, -0.15) is 13.2 Å². The van der Waals surface area contributed by atoms with Gasteiger partial charge in [-0.3, -0.25) is 14.5 Å². The number of carboxylic acid groups (broad SMARTS) is 1. The summed E-state index contributed by atoms with van der Waals surface area (Å²) in [7, 11) is 2.00. The molecule has 2 aliphatic rings. The van der Waals surface area contributed by atoms with Gasteiger partial charge in [0.1, 0.15) is 0 Å². The van der Waals surface area contributed by atoms with Crippen molar-refractivity contribution < 1.29 is 32.7 Å². The Hall–Kier alpha value is -2.92. The summed E-state index contributed by atoms with van der Waals surface area (Å²) >= 11 is 1.48. The lowest BCUT2D eigenvalue weighted by atomic mass is 9.92. The number of carbonyl (C=O) groups excluding carboxylic acids is 2. The average Bonchev–Trinajstić information content (AvgIpc) is 3.42. The SMILES string of the molecule is CN1CC(=O)N(c2ccccc2)CC12CCN(C(=O)c1cccs1)C2.O=C(O)C(F)(F)F. The number of halogens is 3. The van der Waals surface area contributed by atoms with E-state index in [1.165, 1.54) is 11.3 Å². The summed E-state index contributed by atoms with van der Waals surface area (Å²) in [6, 6.07) is 13.6. The van der Waals surface area contributed by atoms with Crippen LogP contribution in [0.3, 0.4) is 0 Å². The number of carbonyl (C=O) groups is 3. The molecule has 1 spiro atoms. The highest BCUT2D eigenvalue weighted by molar-refractivity contribution is 7.12. The predicted octanol–water partition coefficient (Wildman–Crippen LogP) is 2.94. The second-order valence-electron chi connectivity index (χ2n) is 7.65. The Morgan fingerprint density at radius 2 is 1.75 bits per heavy atom. The molecule has 1 aromatic heterocycles. The molecule has 0 bridgehead atoms. The van der Waals surface area contributed by atoms with Crippen LogP contribution in [0.25, 0.3) is 0 Å². The number of likely N-dealkylation sites (N-methyl/N-ethyl adjacent to an activating group) is 1. The standard InChI is InChI=1S/C19H21N3O2S.C2HF3O2/c1-20-12-17(23)22(15-6-3-2-4-7-15)14-19(20)9-10-21(13-19)18(24)16-8-5-11-25-16;3-2(4,5)1(6)7/h2-8,11H,9-10,12-14H2,1H3;(H,6,7). The molecular formula is C21H22F3N3O4S. The molecule has 32 heavy (non-hydrogen) atoms. The molecule has 172 valence electrons. The fraction of sp³-hybridized carbons (Fsp3) is 0.381. The molecule has 2 aromatic rings. The van der Waals surface area contributed by atoms with E-state index in [-0.39, 0.29) is 17.4 Å². The Kier molecular flexibility index (Phi) is 6.89. The van der Waals surface area contributed by atoms with Crippen LogP contribution in [0.4, 0.5) is 18.9 Å². The molecule has 4 rings (SSSR count). The Balaban J connectivity index is 0.000000360. The number of hydrogen-bond acceptors (Lipinski definition) is 5. The van der Waals surface area contributed by atoms with Crippen LogP contribution in [0, 0.1) is 0 Å². The largest absolute Gasteiger partial charge is 0.490 e. The fourth-order valence-electron chi connectivity index (χ4n) is 3.83. The quantitative estimate of drug-likeness (QED) is 0.732. The maximum absolute atomic E-state index is 12.7. The lowest BCUT2D eigenvalue weighted by Gasteiger charge is -2.46. The summed E-state index contributed by atoms with van der Waals surface area (Å²) < 4.78 is 31.7. The lowest BCUT2D eigenvalue weighted by Crippen LogP contribution is -2.64. The van der Waals surface area contributed by atoms with E-state index in [2.05, 4.69) is 4.90 Å². The Morgan fingerprint density at radius 3 is 2.31 bits per heavy atom. The number of hydrogen-bond donors (Lipinski definition) is 1. The van der Waals surface area contributed by atoms with E-state index in [1.54, 1.807) is 0 Å². The van der Waals surface area contributed by atoms with Crippen molar-refractivity contribution in [2.75, 3.05) is 38.1 Å². The first-order valence-corrected chi connectivity index (χ1v) is 10.6. The maximum atomic E-state index is 12.7. The summed E-state index contributed by atoms with van der Waals surface area (Å²) in [5.74, 6) is -2.54. The van der Waals surface area contributed by atoms with Gasteiger partial charge in [-0.1, -0.05) is 24.3 Å². The number of rotatable bonds is 2. The number of para-hydroxylation sites is 1. The summed E-state index contributed by atoms with van der Waals surface area (Å²) in [5, 5.41) is 9.06. The third-order valence-corrected chi connectivity index (χ3v) is 6.46. The van der Waals surface area contributed by atoms with Crippen molar-refractivity contribution >= 4 is 34.8 Å². The molecular weight excluding hydrogens is 447 g/mol. The molecule has 2 saturated heterocycles. The summed E-state index contributed by atoms with van der Waals surface area (Å²) in [6.07, 6.45) is -4.20. The van der Waals surface area contributed by atoms with Crippen molar-refractivity contribution in [3.05, 3.63) is 52.7 Å². The Labute approximate surface area is 186 Å². The van der Waals surface area contributed by atoms with Crippen LogP contribution in [0.1, 0.15) is 16.1 Å². The van der Waals surface area contributed by atoms with E-state index in [9.17, 15) is 22.8 Å². The highest BCUT2D eigenvalue weighted by atomic mass is 32.1. The summed E-state index contributed by atoms with van der Waals surface area (Å²) in [5.41, 5.74) is 0.763. The van der Waals surface area contributed by atoms with Gasteiger partial charge in [-0.05, 0) is 37.0 Å². The van der Waals surface area contributed by atoms with Crippen molar-refractivity contribution in [3.63, 3.8) is 0 Å². The second kappa shape index (κ2) is 9.29. The van der Waals surface area contributed by atoms with Gasteiger partial charge >= 0.3 is 12.1 Å². The molecule has 1 atom stereocenters. The van der Waals surface area contributed by atoms with Crippen LogP contribution in [-0.4, -0.2) is 77.6 Å². The van der Waals surface area contributed by atoms with Gasteiger partial charge in [0.05, 0.1) is 17.0 Å². The first-order chi connectivity index (χ1) is 15.0. The van der Waals surface area contributed by atoms with Gasteiger partial charge in [0, 0.05) is 25.3 Å². The Morgan fingerprint density at radius 1 is 1.09 bits per heavy atom. The number of amides is 2. The van der Waals surface area contributed by atoms with E-state index < -0.39 is 12.1 Å². The van der Waals surface area contributed by atoms with Crippen molar-refractivity contribution in [2.24, 2.45) is 0 Å². The van der Waals surface area contributed by atoms with Crippen molar-refractivity contribution in [2.45, 2.75) is 18.1 Å². The highest BCUT2D eigenvalue weighted by Crippen LogP contribution is 2.34. The minimum Gasteiger partial charge on any atom is -0.475 e. The summed E-state index contributed by atoms with van der Waals surface area (Å²) in [4.78, 5) is 40.9. The fourth-order valence-corrected chi connectivity index (χ4v) is 4.52. The predicted molar refractivity (Wildman–Crippen MR) is 113 cm³/mol. The zero-order chi connectivity index (χ0) is 23.5. The van der Waals surface area contributed by atoms with Crippen LogP contribution in [0.2, 0.25) is 0 Å². The molecule has 2 fully saturated rings.